The largest absolute Gasteiger partial charge is 0.497 e. The van der Waals surface area contributed by atoms with Gasteiger partial charge in [-0.15, -0.1) is 0 Å². The number of rotatable bonds is 6. The van der Waals surface area contributed by atoms with E-state index in [0.29, 0.717) is 12.1 Å². The highest BCUT2D eigenvalue weighted by atomic mass is 16.5. The fourth-order valence-electron chi connectivity index (χ4n) is 4.73. The van der Waals surface area contributed by atoms with Gasteiger partial charge in [-0.1, -0.05) is 18.6 Å². The van der Waals surface area contributed by atoms with Crippen molar-refractivity contribution in [3.05, 3.63) is 59.2 Å². The molecule has 2 heterocycles. The number of hydrogen-bond acceptors (Lipinski definition) is 4. The van der Waals surface area contributed by atoms with Crippen molar-refractivity contribution in [3.63, 3.8) is 0 Å². The van der Waals surface area contributed by atoms with Crippen LogP contribution < -0.4 is 15.0 Å². The number of benzene rings is 2. The van der Waals surface area contributed by atoms with Crippen molar-refractivity contribution in [3.8, 4) is 5.75 Å². The molecule has 0 aliphatic carbocycles. The second-order valence-electron chi connectivity index (χ2n) is 8.46. The van der Waals surface area contributed by atoms with Crippen LogP contribution in [0.2, 0.25) is 0 Å². The van der Waals surface area contributed by atoms with Crippen LogP contribution in [-0.4, -0.2) is 51.1 Å². The van der Waals surface area contributed by atoms with E-state index in [-0.39, 0.29) is 11.9 Å². The van der Waals surface area contributed by atoms with Crippen molar-refractivity contribution >= 4 is 11.6 Å². The van der Waals surface area contributed by atoms with Gasteiger partial charge in [-0.25, -0.2) is 0 Å². The maximum atomic E-state index is 12.8. The number of carbonyl (C=O) groups excluding carboxylic acids is 1. The molecule has 2 aliphatic rings. The summed E-state index contributed by atoms with van der Waals surface area (Å²) in [6.07, 6.45) is 6.11. The fourth-order valence-corrected chi connectivity index (χ4v) is 4.73. The third-order valence-corrected chi connectivity index (χ3v) is 6.48. The van der Waals surface area contributed by atoms with E-state index >= 15 is 0 Å². The van der Waals surface area contributed by atoms with E-state index in [0.717, 1.165) is 31.8 Å². The third kappa shape index (κ3) is 4.62. The summed E-state index contributed by atoms with van der Waals surface area (Å²) in [5.41, 5.74) is 4.77. The maximum absolute atomic E-state index is 12.8. The van der Waals surface area contributed by atoms with Crippen molar-refractivity contribution in [1.29, 1.82) is 0 Å². The van der Waals surface area contributed by atoms with Crippen LogP contribution in [0.15, 0.2) is 42.5 Å². The minimum absolute atomic E-state index is 0.0302. The molecule has 0 aromatic heterocycles. The highest BCUT2D eigenvalue weighted by Crippen LogP contribution is 2.31. The van der Waals surface area contributed by atoms with Gasteiger partial charge in [0.25, 0.3) is 5.91 Å². The molecule has 0 bridgehead atoms. The molecule has 5 heteroatoms. The Kier molecular flexibility index (Phi) is 6.58. The first-order chi connectivity index (χ1) is 14.7. The first kappa shape index (κ1) is 20.7. The average Bonchev–Trinajstić information content (AvgIpc) is 2.80. The Morgan fingerprint density at radius 3 is 2.53 bits per heavy atom. The standard InChI is InChI=1S/C25H33N3O2/c1-27-14-6-7-20-17-21(10-13-23(20)27)24(28-15-4-3-5-16-28)18-26-25(29)19-8-11-22(30-2)12-9-19/h8-13,17,24H,3-7,14-16,18H2,1-2H3,(H,26,29)/t24-/m1/s1. The zero-order chi connectivity index (χ0) is 20.9. The molecule has 4 rings (SSSR count). The normalized spacial score (nSPS) is 17.9. The molecule has 2 aromatic rings. The molecule has 1 atom stereocenters. The molecule has 2 aromatic carbocycles. The number of hydrogen-bond donors (Lipinski definition) is 1. The number of anilines is 1. The van der Waals surface area contributed by atoms with E-state index in [4.69, 9.17) is 4.74 Å². The van der Waals surface area contributed by atoms with Crippen molar-refractivity contribution in [2.75, 3.05) is 45.2 Å². The molecule has 0 radical (unpaired) electrons. The van der Waals surface area contributed by atoms with Gasteiger partial charge in [0.1, 0.15) is 5.75 Å². The topological polar surface area (TPSA) is 44.8 Å². The molecule has 0 spiro atoms. The number of likely N-dealkylation sites (tertiary alicyclic amines) is 1. The molecule has 0 saturated carbocycles. The number of piperidine rings is 1. The summed E-state index contributed by atoms with van der Waals surface area (Å²) in [5, 5.41) is 3.19. The van der Waals surface area contributed by atoms with Crippen molar-refractivity contribution < 1.29 is 9.53 Å². The Hall–Kier alpha value is -2.53. The molecule has 5 nitrogen and oxygen atoms in total. The third-order valence-electron chi connectivity index (χ3n) is 6.48. The highest BCUT2D eigenvalue weighted by molar-refractivity contribution is 5.94. The monoisotopic (exact) mass is 407 g/mol. The Balaban J connectivity index is 1.52. The zero-order valence-electron chi connectivity index (χ0n) is 18.2. The number of ether oxygens (including phenoxy) is 1. The smallest absolute Gasteiger partial charge is 0.251 e. The summed E-state index contributed by atoms with van der Waals surface area (Å²) in [7, 11) is 3.81. The molecule has 30 heavy (non-hydrogen) atoms. The lowest BCUT2D eigenvalue weighted by Crippen LogP contribution is -2.40. The van der Waals surface area contributed by atoms with E-state index in [1.807, 2.05) is 24.3 Å². The number of methoxy groups -OCH3 is 1. The predicted octanol–water partition coefficient (Wildman–Crippen LogP) is 4.03. The van der Waals surface area contributed by atoms with E-state index in [2.05, 4.69) is 40.4 Å². The number of nitrogens with one attached hydrogen (secondary N) is 1. The number of fused-ring (bicyclic) bond motifs is 1. The van der Waals surface area contributed by atoms with Crippen LogP contribution >= 0.6 is 0 Å². The molecule has 2 aliphatic heterocycles. The molecular formula is C25H33N3O2. The maximum Gasteiger partial charge on any atom is 0.251 e. The van der Waals surface area contributed by atoms with Crippen LogP contribution in [0.5, 0.6) is 5.75 Å². The molecule has 1 saturated heterocycles. The number of nitrogens with zero attached hydrogens (tertiary/aromatic N) is 2. The van der Waals surface area contributed by atoms with Crippen LogP contribution in [0.25, 0.3) is 0 Å². The fraction of sp³-hybridized carbons (Fsp3) is 0.480. The van der Waals surface area contributed by atoms with Gasteiger partial charge in [0.2, 0.25) is 0 Å². The van der Waals surface area contributed by atoms with Crippen molar-refractivity contribution in [2.45, 2.75) is 38.1 Å². The summed E-state index contributed by atoms with van der Waals surface area (Å²) in [4.78, 5) is 17.7. The van der Waals surface area contributed by atoms with Crippen LogP contribution in [-0.2, 0) is 6.42 Å². The zero-order valence-corrected chi connectivity index (χ0v) is 18.2. The molecule has 1 amide bonds. The molecular weight excluding hydrogens is 374 g/mol. The van der Waals surface area contributed by atoms with Crippen LogP contribution in [0.1, 0.15) is 53.2 Å². The van der Waals surface area contributed by atoms with Gasteiger partial charge >= 0.3 is 0 Å². The predicted molar refractivity (Wildman–Crippen MR) is 122 cm³/mol. The van der Waals surface area contributed by atoms with Gasteiger partial charge in [-0.2, -0.15) is 0 Å². The average molecular weight is 408 g/mol. The lowest BCUT2D eigenvalue weighted by molar-refractivity contribution is 0.0924. The van der Waals surface area contributed by atoms with E-state index in [1.54, 1.807) is 7.11 Å². The van der Waals surface area contributed by atoms with Gasteiger partial charge in [0, 0.05) is 31.4 Å². The van der Waals surface area contributed by atoms with Crippen molar-refractivity contribution in [1.82, 2.24) is 10.2 Å². The quantitative estimate of drug-likeness (QED) is 0.785. The molecule has 1 N–H and O–H groups in total. The van der Waals surface area contributed by atoms with Gasteiger partial charge in [0.15, 0.2) is 0 Å². The van der Waals surface area contributed by atoms with E-state index in [1.165, 1.54) is 42.5 Å². The van der Waals surface area contributed by atoms with Crippen molar-refractivity contribution in [2.24, 2.45) is 0 Å². The second kappa shape index (κ2) is 9.52. The number of carbonyl (C=O) groups is 1. The molecule has 1 fully saturated rings. The number of aryl methyl sites for hydroxylation is 1. The van der Waals surface area contributed by atoms with Crippen LogP contribution in [0.4, 0.5) is 5.69 Å². The van der Waals surface area contributed by atoms with Gasteiger partial charge in [0.05, 0.1) is 13.2 Å². The van der Waals surface area contributed by atoms with Gasteiger partial charge < -0.3 is 15.0 Å². The van der Waals surface area contributed by atoms with Crippen LogP contribution in [0.3, 0.4) is 0 Å². The SMILES string of the molecule is COc1ccc(C(=O)NC[C@H](c2ccc3c(c2)CCCN3C)N2CCCCC2)cc1. The first-order valence-electron chi connectivity index (χ1n) is 11.2. The summed E-state index contributed by atoms with van der Waals surface area (Å²) >= 11 is 0. The minimum Gasteiger partial charge on any atom is -0.497 e. The summed E-state index contributed by atoms with van der Waals surface area (Å²) in [6.45, 7) is 3.94. The first-order valence-corrected chi connectivity index (χ1v) is 11.2. The lowest BCUT2D eigenvalue weighted by atomic mass is 9.95. The minimum atomic E-state index is -0.0302. The summed E-state index contributed by atoms with van der Waals surface area (Å²) < 4.78 is 5.20. The lowest BCUT2D eigenvalue weighted by Gasteiger charge is -2.36. The number of amides is 1. The Morgan fingerprint density at radius 2 is 1.80 bits per heavy atom. The Bertz CT molecular complexity index is 859. The van der Waals surface area contributed by atoms with Gasteiger partial charge in [-0.3, -0.25) is 9.69 Å². The Labute approximate surface area is 180 Å². The summed E-state index contributed by atoms with van der Waals surface area (Å²) in [6, 6.07) is 14.4. The molecule has 0 unspecified atom stereocenters. The van der Waals surface area contributed by atoms with E-state index < -0.39 is 0 Å². The Morgan fingerprint density at radius 1 is 1.03 bits per heavy atom. The highest BCUT2D eigenvalue weighted by Gasteiger charge is 2.25. The van der Waals surface area contributed by atoms with Crippen LogP contribution in [0, 0.1) is 0 Å². The summed E-state index contributed by atoms with van der Waals surface area (Å²) in [5.74, 6) is 0.731. The molecule has 160 valence electrons. The van der Waals surface area contributed by atoms with Gasteiger partial charge in [-0.05, 0) is 80.2 Å². The van der Waals surface area contributed by atoms with E-state index in [9.17, 15) is 4.79 Å². The second-order valence-corrected chi connectivity index (χ2v) is 8.46.